The number of carbonyl (C=O) groups is 7. The maximum atomic E-state index is 12.4. The molecule has 0 amide bonds. The second kappa shape index (κ2) is 29.2. The average Bonchev–Trinajstić information content (AvgIpc) is 4.03. The highest BCUT2D eigenvalue weighted by atomic mass is 79.9. The summed E-state index contributed by atoms with van der Waals surface area (Å²) in [5, 5.41) is 0. The van der Waals surface area contributed by atoms with Gasteiger partial charge in [-0.3, -0.25) is 0 Å². The molecule has 22 nitrogen and oxygen atoms in total. The summed E-state index contributed by atoms with van der Waals surface area (Å²) >= 11 is 6.38. The van der Waals surface area contributed by atoms with Crippen molar-refractivity contribution in [2.75, 3.05) is 47.8 Å². The number of carbonyl (C=O) groups excluding carboxylic acids is 7. The van der Waals surface area contributed by atoms with Gasteiger partial charge in [0.05, 0.1) is 59.0 Å². The number of nitrogens with one attached hydrogen (secondary N) is 1. The van der Waals surface area contributed by atoms with Crippen molar-refractivity contribution in [3.63, 3.8) is 0 Å². The van der Waals surface area contributed by atoms with Crippen LogP contribution in [0.3, 0.4) is 0 Å². The van der Waals surface area contributed by atoms with E-state index >= 15 is 0 Å². The highest BCUT2D eigenvalue weighted by Crippen LogP contribution is 2.36. The molecule has 25 heteroatoms. The number of methoxy groups -OCH3 is 3. The third kappa shape index (κ3) is 25.4. The van der Waals surface area contributed by atoms with Crippen LogP contribution in [-0.4, -0.2) is 145 Å². The van der Waals surface area contributed by atoms with Gasteiger partial charge in [0.1, 0.15) is 39.5 Å². The normalized spacial score (nSPS) is 14.6. The molecule has 74 heavy (non-hydrogen) atoms. The molecule has 418 valence electrons. The monoisotopic (exact) mass is 1180 g/mol. The van der Waals surface area contributed by atoms with Crippen LogP contribution in [0, 0.1) is 0 Å². The van der Waals surface area contributed by atoms with Crippen molar-refractivity contribution >= 4 is 86.8 Å². The van der Waals surface area contributed by atoms with Gasteiger partial charge in [-0.15, -0.1) is 0 Å². The summed E-state index contributed by atoms with van der Waals surface area (Å²) in [5.74, 6) is -1.60. The number of aromatic amines is 1. The molecule has 2 fully saturated rings. The van der Waals surface area contributed by atoms with E-state index in [4.69, 9.17) is 42.5 Å². The van der Waals surface area contributed by atoms with Crippen molar-refractivity contribution in [2.24, 2.45) is 0 Å². The first-order valence-electron chi connectivity index (χ1n) is 22.6. The van der Waals surface area contributed by atoms with Crippen LogP contribution >= 0.6 is 31.9 Å². The molecule has 0 radical (unpaired) electrons. The van der Waals surface area contributed by atoms with Gasteiger partial charge in [0.2, 0.25) is 0 Å². The Balaban J connectivity index is 0.000000957. The van der Waals surface area contributed by atoms with Gasteiger partial charge in [-0.25, -0.2) is 42.7 Å². The Hall–Kier alpha value is -5.21. The molecular formula is C49H76BBr2N3O19. The molecule has 2 saturated heterocycles. The summed E-state index contributed by atoms with van der Waals surface area (Å²) in [6.45, 7) is 31.4. The van der Waals surface area contributed by atoms with Crippen LogP contribution in [0.1, 0.15) is 150 Å². The van der Waals surface area contributed by atoms with Gasteiger partial charge in [0.25, 0.3) is 0 Å². The molecule has 5 rings (SSSR count). The van der Waals surface area contributed by atoms with E-state index in [0.29, 0.717) is 15.6 Å². The van der Waals surface area contributed by atoms with Crippen LogP contribution in [0.4, 0.5) is 19.2 Å². The molecule has 3 aromatic heterocycles. The highest BCUT2D eigenvalue weighted by molar-refractivity contribution is 9.10. The third-order valence-electron chi connectivity index (χ3n) is 8.87. The Morgan fingerprint density at radius 2 is 0.919 bits per heavy atom. The van der Waals surface area contributed by atoms with Gasteiger partial charge in [-0.05, 0) is 161 Å². The first-order chi connectivity index (χ1) is 33.2. The second-order valence-corrected chi connectivity index (χ2v) is 22.3. The van der Waals surface area contributed by atoms with E-state index in [2.05, 4.69) is 51.1 Å². The van der Waals surface area contributed by atoms with Crippen LogP contribution in [-0.2, 0) is 56.7 Å². The largest absolute Gasteiger partial charge is 0.519 e. The van der Waals surface area contributed by atoms with Crippen LogP contribution < -0.4 is 5.46 Å². The first-order valence-corrected chi connectivity index (χ1v) is 24.1. The lowest BCUT2D eigenvalue weighted by atomic mass is 9.81. The van der Waals surface area contributed by atoms with Crippen LogP contribution in [0.15, 0.2) is 45.7 Å². The van der Waals surface area contributed by atoms with Gasteiger partial charge < -0.3 is 61.7 Å². The molecule has 2 aliphatic rings. The summed E-state index contributed by atoms with van der Waals surface area (Å²) in [5.41, 5.74) is -2.60. The molecular weight excluding hydrogens is 1110 g/mol. The second-order valence-electron chi connectivity index (χ2n) is 20.5. The smallest absolute Gasteiger partial charge is 0.464 e. The molecule has 0 aromatic carbocycles. The Bertz CT molecular complexity index is 2270. The molecule has 3 aromatic rings. The van der Waals surface area contributed by atoms with E-state index in [0.717, 1.165) is 40.0 Å². The fourth-order valence-corrected chi connectivity index (χ4v) is 5.88. The fraction of sp³-hybridized carbons (Fsp3) is 0.612. The highest BCUT2D eigenvalue weighted by Gasteiger charge is 2.52. The molecule has 0 unspecified atom stereocenters. The predicted octanol–water partition coefficient (Wildman–Crippen LogP) is 10.3. The summed E-state index contributed by atoms with van der Waals surface area (Å²) in [7, 11) is 3.15. The van der Waals surface area contributed by atoms with E-state index in [9.17, 15) is 33.6 Å². The minimum atomic E-state index is -1.06. The Morgan fingerprint density at radius 3 is 1.24 bits per heavy atom. The van der Waals surface area contributed by atoms with Crippen molar-refractivity contribution in [1.82, 2.24) is 14.1 Å². The number of hydrogen-bond acceptors (Lipinski definition) is 19. The SMILES string of the molecule is C.C1COCCO1.CC(C)(C)OC(=O)OC(=O)OC(C)(C)C.COC(=O)c1cc(B2OC(C)(C)C(C)(C)O2)cn1C(=O)OC(C)(C)C.COC(=O)c1cc(Br)c[nH]1.COC(=O)c1cc(Br)cn1C(=O)OC(C)(C)C. The molecule has 0 bridgehead atoms. The predicted molar refractivity (Wildman–Crippen MR) is 280 cm³/mol. The molecule has 0 aliphatic carbocycles. The Labute approximate surface area is 451 Å². The minimum absolute atomic E-state index is 0. The van der Waals surface area contributed by atoms with Gasteiger partial charge in [-0.1, -0.05) is 7.43 Å². The fourth-order valence-electron chi connectivity index (χ4n) is 5.11. The number of aromatic nitrogens is 3. The summed E-state index contributed by atoms with van der Waals surface area (Å²) in [6.07, 6.45) is 1.21. The lowest BCUT2D eigenvalue weighted by Gasteiger charge is -2.32. The number of H-pyrrole nitrogens is 1. The van der Waals surface area contributed by atoms with E-state index in [1.807, 2.05) is 27.7 Å². The molecule has 0 saturated carbocycles. The number of ether oxygens (including phenoxy) is 10. The number of nitrogens with zero attached hydrogens (tertiary/aromatic N) is 2. The molecule has 0 atom stereocenters. The van der Waals surface area contributed by atoms with Crippen LogP contribution in [0.2, 0.25) is 0 Å². The zero-order chi connectivity index (χ0) is 56.5. The van der Waals surface area contributed by atoms with Gasteiger partial charge in [0.15, 0.2) is 0 Å². The molecule has 0 spiro atoms. The average molecular weight is 1180 g/mol. The number of hydrogen-bond donors (Lipinski definition) is 1. The van der Waals surface area contributed by atoms with E-state index in [1.165, 1.54) is 45.9 Å². The summed E-state index contributed by atoms with van der Waals surface area (Å²) in [4.78, 5) is 83.3. The third-order valence-corrected chi connectivity index (χ3v) is 9.76. The molecule has 1 N–H and O–H groups in total. The summed E-state index contributed by atoms with van der Waals surface area (Å²) in [6, 6.07) is 4.68. The Kier molecular flexibility index (Phi) is 27.1. The standard InChI is InChI=1S/C17H26BNO6.C11H14BrNO4.C10H18O5.C6H6BrNO2.C4H8O2.CH4/c1-15(2,3)23-14(21)19-10-11(9-12(19)13(20)22-8)18-24-16(4,5)17(6,7)25-18;1-11(2,3)17-10(15)13-6-7(12)5-8(13)9(14)16-4;1-9(2,3)14-7(11)13-8(12)15-10(4,5)6;1-10-6(9)5-2-4(7)3-8-5;1-2-6-4-3-5-1;/h9-10H,1-8H3;5-6H,1-4H3;1-6H3;2-3,8H,1H3;1-4H2;1H4. The van der Waals surface area contributed by atoms with Crippen LogP contribution in [0.25, 0.3) is 0 Å². The summed E-state index contributed by atoms with van der Waals surface area (Å²) < 4.78 is 63.6. The first kappa shape index (κ1) is 68.8. The molecule has 2 aliphatic heterocycles. The van der Waals surface area contributed by atoms with E-state index in [-0.39, 0.29) is 24.8 Å². The number of esters is 3. The maximum Gasteiger partial charge on any atom is 0.519 e. The quantitative estimate of drug-likeness (QED) is 0.110. The molecule has 5 heterocycles. The number of rotatable bonds is 4. The van der Waals surface area contributed by atoms with Crippen molar-refractivity contribution in [2.45, 2.75) is 152 Å². The van der Waals surface area contributed by atoms with E-state index < -0.39 is 77.2 Å². The van der Waals surface area contributed by atoms with Gasteiger partial charge in [0, 0.05) is 33.0 Å². The zero-order valence-electron chi connectivity index (χ0n) is 45.3. The van der Waals surface area contributed by atoms with Crippen molar-refractivity contribution in [3.05, 3.63) is 62.8 Å². The van der Waals surface area contributed by atoms with E-state index in [1.54, 1.807) is 95.3 Å². The lowest BCUT2D eigenvalue weighted by molar-refractivity contribution is -0.0334. The van der Waals surface area contributed by atoms with Crippen molar-refractivity contribution < 1.29 is 90.2 Å². The Morgan fingerprint density at radius 1 is 0.554 bits per heavy atom. The van der Waals surface area contributed by atoms with Crippen LogP contribution in [0.5, 0.6) is 0 Å². The van der Waals surface area contributed by atoms with Gasteiger partial charge >= 0.3 is 49.5 Å². The number of halogens is 2. The van der Waals surface area contributed by atoms with Gasteiger partial charge in [-0.2, -0.15) is 0 Å². The zero-order valence-corrected chi connectivity index (χ0v) is 48.4. The minimum Gasteiger partial charge on any atom is -0.464 e. The van der Waals surface area contributed by atoms with Crippen molar-refractivity contribution in [3.8, 4) is 0 Å². The lowest BCUT2D eigenvalue weighted by Crippen LogP contribution is -2.41. The maximum absolute atomic E-state index is 12.4. The topological polar surface area (TPSA) is 256 Å². The van der Waals surface area contributed by atoms with Crippen molar-refractivity contribution in [1.29, 1.82) is 0 Å².